The van der Waals surface area contributed by atoms with Crippen molar-refractivity contribution in [3.63, 3.8) is 0 Å². The third-order valence-electron chi connectivity index (χ3n) is 2.84. The maximum Gasteiger partial charge on any atom is 0.283 e. The fourth-order valence-electron chi connectivity index (χ4n) is 1.91. The largest absolute Gasteiger partial charge is 0.462 e. The van der Waals surface area contributed by atoms with E-state index in [1.54, 1.807) is 0 Å². The quantitative estimate of drug-likeness (QED) is 0.841. The van der Waals surface area contributed by atoms with Gasteiger partial charge in [0.05, 0.1) is 0 Å². The number of hydrogen-bond acceptors (Lipinski definition) is 3. The van der Waals surface area contributed by atoms with Crippen molar-refractivity contribution in [2.75, 3.05) is 6.61 Å². The van der Waals surface area contributed by atoms with E-state index in [1.165, 1.54) is 6.07 Å². The summed E-state index contributed by atoms with van der Waals surface area (Å²) in [6.45, 7) is -0.703. The van der Waals surface area contributed by atoms with Crippen LogP contribution < -0.4 is 5.73 Å². The van der Waals surface area contributed by atoms with Crippen molar-refractivity contribution in [3.8, 4) is 0 Å². The van der Waals surface area contributed by atoms with Crippen LogP contribution in [0.25, 0.3) is 0 Å². The number of benzene rings is 1. The van der Waals surface area contributed by atoms with Crippen LogP contribution in [0.2, 0.25) is 0 Å². The lowest BCUT2D eigenvalue weighted by atomic mass is 9.85. The molecule has 0 radical (unpaired) electrons. The minimum Gasteiger partial charge on any atom is -0.462 e. The average Bonchev–Trinajstić information content (AvgIpc) is 2.35. The van der Waals surface area contributed by atoms with Gasteiger partial charge in [-0.05, 0) is 18.2 Å². The highest BCUT2D eigenvalue weighted by Crippen LogP contribution is 2.42. The van der Waals surface area contributed by atoms with E-state index in [-0.39, 0.29) is 0 Å². The summed E-state index contributed by atoms with van der Waals surface area (Å²) in [5, 5.41) is 0. The first-order valence-electron chi connectivity index (χ1n) is 5.23. The molecule has 1 aromatic rings. The van der Waals surface area contributed by atoms with Gasteiger partial charge in [0.1, 0.15) is 12.4 Å². The second kappa shape index (κ2) is 4.99. The van der Waals surface area contributed by atoms with Crippen molar-refractivity contribution in [3.05, 3.63) is 34.1 Å². The zero-order valence-corrected chi connectivity index (χ0v) is 11.0. The number of rotatable bonds is 2. The van der Waals surface area contributed by atoms with Gasteiger partial charge >= 0.3 is 0 Å². The first-order chi connectivity index (χ1) is 8.87. The first kappa shape index (κ1) is 14.1. The molecule has 0 bridgehead atoms. The second-order valence-corrected chi connectivity index (χ2v) is 4.89. The van der Waals surface area contributed by atoms with Crippen LogP contribution in [-0.4, -0.2) is 25.2 Å². The number of hydrogen-bond donors (Lipinski definition) is 1. The summed E-state index contributed by atoms with van der Waals surface area (Å²) in [6.07, 6.45) is -5.47. The van der Waals surface area contributed by atoms with Crippen molar-refractivity contribution in [2.45, 2.75) is 18.1 Å². The molecule has 3 nitrogen and oxygen atoms in total. The molecule has 0 unspecified atom stereocenters. The molecule has 104 valence electrons. The Bertz CT molecular complexity index is 525. The highest BCUT2D eigenvalue weighted by atomic mass is 79.9. The van der Waals surface area contributed by atoms with Crippen molar-refractivity contribution in [2.24, 2.45) is 10.7 Å². The Balaban J connectivity index is 2.69. The van der Waals surface area contributed by atoms with E-state index in [1.807, 2.05) is 0 Å². The molecule has 1 aliphatic rings. The SMILES string of the molecule is NC1=N[C@@](c2cc(Br)ccc2F)(C(F)F)[C@@H](F)CO1. The van der Waals surface area contributed by atoms with Gasteiger partial charge in [0.2, 0.25) is 0 Å². The predicted octanol–water partition coefficient (Wildman–Crippen LogP) is 2.73. The maximum absolute atomic E-state index is 14.0. The second-order valence-electron chi connectivity index (χ2n) is 3.98. The Morgan fingerprint density at radius 2 is 2.16 bits per heavy atom. The molecule has 1 aromatic carbocycles. The van der Waals surface area contributed by atoms with Gasteiger partial charge in [-0.25, -0.2) is 22.6 Å². The molecule has 2 atom stereocenters. The molecule has 19 heavy (non-hydrogen) atoms. The van der Waals surface area contributed by atoms with Crippen LogP contribution >= 0.6 is 15.9 Å². The van der Waals surface area contributed by atoms with Gasteiger partial charge in [-0.3, -0.25) is 0 Å². The van der Waals surface area contributed by atoms with Crippen molar-refractivity contribution in [1.29, 1.82) is 0 Å². The fraction of sp³-hybridized carbons (Fsp3) is 0.364. The third-order valence-corrected chi connectivity index (χ3v) is 3.34. The summed E-state index contributed by atoms with van der Waals surface area (Å²) in [6, 6.07) is 2.75. The molecule has 0 spiro atoms. The number of ether oxygens (including phenoxy) is 1. The lowest BCUT2D eigenvalue weighted by Crippen LogP contribution is -2.50. The van der Waals surface area contributed by atoms with Crippen molar-refractivity contribution >= 4 is 22.0 Å². The van der Waals surface area contributed by atoms with Crippen LogP contribution in [-0.2, 0) is 10.3 Å². The first-order valence-corrected chi connectivity index (χ1v) is 6.03. The molecule has 1 aliphatic heterocycles. The molecule has 0 aliphatic carbocycles. The highest BCUT2D eigenvalue weighted by molar-refractivity contribution is 9.10. The van der Waals surface area contributed by atoms with Crippen molar-refractivity contribution < 1.29 is 22.3 Å². The van der Waals surface area contributed by atoms with Crippen LogP contribution in [0.1, 0.15) is 5.56 Å². The van der Waals surface area contributed by atoms with Crippen LogP contribution in [0, 0.1) is 5.82 Å². The molecule has 0 saturated heterocycles. The topological polar surface area (TPSA) is 47.6 Å². The zero-order chi connectivity index (χ0) is 14.2. The van der Waals surface area contributed by atoms with Crippen LogP contribution in [0.5, 0.6) is 0 Å². The van der Waals surface area contributed by atoms with Crippen molar-refractivity contribution in [1.82, 2.24) is 0 Å². The predicted molar refractivity (Wildman–Crippen MR) is 64.3 cm³/mol. The minimum absolute atomic E-state index is 0.330. The third kappa shape index (κ3) is 2.29. The number of alkyl halides is 3. The maximum atomic E-state index is 14.0. The van der Waals surface area contributed by atoms with E-state index in [0.29, 0.717) is 4.47 Å². The van der Waals surface area contributed by atoms with Gasteiger partial charge in [-0.2, -0.15) is 0 Å². The Morgan fingerprint density at radius 1 is 1.47 bits per heavy atom. The smallest absolute Gasteiger partial charge is 0.283 e. The Kier molecular flexibility index (Phi) is 3.71. The van der Waals surface area contributed by atoms with E-state index in [2.05, 4.69) is 25.7 Å². The zero-order valence-electron chi connectivity index (χ0n) is 9.42. The van der Waals surface area contributed by atoms with Gasteiger partial charge in [0, 0.05) is 10.0 Å². The average molecular weight is 341 g/mol. The minimum atomic E-state index is -3.27. The monoisotopic (exact) mass is 340 g/mol. The molecule has 2 rings (SSSR count). The van der Waals surface area contributed by atoms with Gasteiger partial charge in [-0.1, -0.05) is 15.9 Å². The molecule has 0 fully saturated rings. The summed E-state index contributed by atoms with van der Waals surface area (Å²) >= 11 is 3.03. The summed E-state index contributed by atoms with van der Waals surface area (Å²) in [5.74, 6) is -0.982. The summed E-state index contributed by atoms with van der Waals surface area (Å²) in [4.78, 5) is 3.35. The van der Waals surface area contributed by atoms with Gasteiger partial charge in [0.25, 0.3) is 12.4 Å². The normalized spacial score (nSPS) is 27.1. The van der Waals surface area contributed by atoms with E-state index < -0.39 is 42.1 Å². The molecule has 2 N–H and O–H groups in total. The van der Waals surface area contributed by atoms with E-state index in [4.69, 9.17) is 5.73 Å². The molecular weight excluding hydrogens is 332 g/mol. The molecular formula is C11H9BrF4N2O. The summed E-state index contributed by atoms with van der Waals surface area (Å²) in [7, 11) is 0. The summed E-state index contributed by atoms with van der Waals surface area (Å²) in [5.41, 5.74) is 1.99. The van der Waals surface area contributed by atoms with Crippen LogP contribution in [0.3, 0.4) is 0 Å². The molecule has 0 amide bonds. The van der Waals surface area contributed by atoms with Gasteiger partial charge in [0.15, 0.2) is 11.7 Å². The van der Waals surface area contributed by atoms with Crippen LogP contribution in [0.15, 0.2) is 27.7 Å². The fourth-order valence-corrected chi connectivity index (χ4v) is 2.27. The highest BCUT2D eigenvalue weighted by Gasteiger charge is 2.54. The van der Waals surface area contributed by atoms with Gasteiger partial charge in [-0.15, -0.1) is 0 Å². The van der Waals surface area contributed by atoms with Crippen LogP contribution in [0.4, 0.5) is 17.6 Å². The lowest BCUT2D eigenvalue weighted by molar-refractivity contribution is -0.0302. The summed E-state index contributed by atoms with van der Waals surface area (Å²) < 4.78 is 59.4. The van der Waals surface area contributed by atoms with E-state index in [0.717, 1.165) is 12.1 Å². The van der Waals surface area contributed by atoms with E-state index in [9.17, 15) is 17.6 Å². The number of amidine groups is 1. The molecule has 8 heteroatoms. The Morgan fingerprint density at radius 3 is 2.79 bits per heavy atom. The van der Waals surface area contributed by atoms with Gasteiger partial charge < -0.3 is 10.5 Å². The number of nitrogens with two attached hydrogens (primary N) is 1. The standard InChI is InChI=1S/C11H9BrF4N2O/c12-5-1-2-7(13)6(3-5)11(9(15)16)8(14)4-19-10(17)18-11/h1-3,8-9H,4H2,(H2,17,18)/t8-,11+/m0/s1. The molecule has 0 saturated carbocycles. The molecule has 1 heterocycles. The number of aliphatic imine (C=N–C) groups is 1. The Hall–Kier alpha value is -1.31. The number of halogens is 5. The van der Waals surface area contributed by atoms with E-state index >= 15 is 0 Å². The number of nitrogens with zero attached hydrogens (tertiary/aromatic N) is 1. The lowest BCUT2D eigenvalue weighted by Gasteiger charge is -2.35. The molecule has 0 aromatic heterocycles. The Labute approximate surface area is 114 Å².